The number of methoxy groups -OCH3 is 1. The lowest BCUT2D eigenvalue weighted by molar-refractivity contribution is -0.136. The van der Waals surface area contributed by atoms with E-state index in [0.717, 1.165) is 11.1 Å². The molecule has 0 aromatic heterocycles. The van der Waals surface area contributed by atoms with E-state index in [0.29, 0.717) is 27.0 Å². The minimum Gasteiger partial charge on any atom is -0.466 e. The van der Waals surface area contributed by atoms with Crippen molar-refractivity contribution in [3.63, 3.8) is 0 Å². The predicted molar refractivity (Wildman–Crippen MR) is 103 cm³/mol. The molecule has 0 unspecified atom stereocenters. The second-order valence-electron chi connectivity index (χ2n) is 5.55. The number of carbonyl (C=O) groups is 1. The fourth-order valence-corrected chi connectivity index (χ4v) is 3.08. The number of nitriles is 1. The summed E-state index contributed by atoms with van der Waals surface area (Å²) in [6.45, 7) is 0. The van der Waals surface area contributed by atoms with Gasteiger partial charge in [0.1, 0.15) is 0 Å². The second-order valence-corrected chi connectivity index (χ2v) is 6.40. The van der Waals surface area contributed by atoms with Crippen molar-refractivity contribution in [2.45, 2.75) is 6.04 Å². The molecular formula is C19H14ClN3O2S. The lowest BCUT2D eigenvalue weighted by Crippen LogP contribution is -2.45. The van der Waals surface area contributed by atoms with Crippen LogP contribution in [0.1, 0.15) is 22.7 Å². The number of carbonyl (C=O) groups excluding carboxylic acids is 1. The number of nitrogens with zero attached hydrogens (tertiary/aromatic N) is 1. The van der Waals surface area contributed by atoms with Crippen LogP contribution in [0.5, 0.6) is 0 Å². The van der Waals surface area contributed by atoms with Crippen LogP contribution < -0.4 is 10.6 Å². The van der Waals surface area contributed by atoms with Crippen molar-refractivity contribution in [2.24, 2.45) is 0 Å². The largest absolute Gasteiger partial charge is 0.466 e. The number of hydrogen-bond acceptors (Lipinski definition) is 4. The van der Waals surface area contributed by atoms with Crippen LogP contribution in [0, 0.1) is 11.3 Å². The highest BCUT2D eigenvalue weighted by molar-refractivity contribution is 7.80. The van der Waals surface area contributed by atoms with E-state index in [4.69, 9.17) is 33.8 Å². The molecule has 0 fully saturated rings. The Morgan fingerprint density at radius 2 is 1.85 bits per heavy atom. The summed E-state index contributed by atoms with van der Waals surface area (Å²) in [5.41, 5.74) is 3.04. The Bertz CT molecular complexity index is 931. The third kappa shape index (κ3) is 3.54. The molecule has 3 rings (SSSR count). The van der Waals surface area contributed by atoms with Crippen LogP contribution in [0.3, 0.4) is 0 Å². The highest BCUT2D eigenvalue weighted by Crippen LogP contribution is 2.32. The summed E-state index contributed by atoms with van der Waals surface area (Å²) in [4.78, 5) is 12.5. The first kappa shape index (κ1) is 17.9. The van der Waals surface area contributed by atoms with Crippen molar-refractivity contribution in [3.8, 4) is 6.07 Å². The molecule has 1 aliphatic rings. The van der Waals surface area contributed by atoms with Crippen LogP contribution in [0.2, 0.25) is 5.02 Å². The minimum atomic E-state index is -0.505. The monoisotopic (exact) mass is 383 g/mol. The van der Waals surface area contributed by atoms with Gasteiger partial charge in [-0.3, -0.25) is 0 Å². The van der Waals surface area contributed by atoms with Gasteiger partial charge in [0.25, 0.3) is 0 Å². The summed E-state index contributed by atoms with van der Waals surface area (Å²) in [6.07, 6.45) is 0. The van der Waals surface area contributed by atoms with Crippen molar-refractivity contribution in [3.05, 3.63) is 75.8 Å². The quantitative estimate of drug-likeness (QED) is 0.625. The van der Waals surface area contributed by atoms with Crippen LogP contribution in [-0.4, -0.2) is 18.2 Å². The Morgan fingerprint density at radius 3 is 2.42 bits per heavy atom. The van der Waals surface area contributed by atoms with E-state index >= 15 is 0 Å². The Kier molecular flexibility index (Phi) is 5.21. The first-order valence-electron chi connectivity index (χ1n) is 7.69. The average molecular weight is 384 g/mol. The van der Waals surface area contributed by atoms with Gasteiger partial charge in [-0.2, -0.15) is 5.26 Å². The van der Waals surface area contributed by atoms with Crippen LogP contribution in [-0.2, 0) is 9.53 Å². The van der Waals surface area contributed by atoms with E-state index in [2.05, 4.69) is 16.7 Å². The molecule has 0 radical (unpaired) electrons. The minimum absolute atomic E-state index is 0.386. The predicted octanol–water partition coefficient (Wildman–Crippen LogP) is 3.31. The van der Waals surface area contributed by atoms with Gasteiger partial charge < -0.3 is 15.4 Å². The highest BCUT2D eigenvalue weighted by Gasteiger charge is 2.32. The van der Waals surface area contributed by atoms with Gasteiger partial charge in [-0.25, -0.2) is 4.79 Å². The summed E-state index contributed by atoms with van der Waals surface area (Å²) in [5, 5.41) is 16.1. The summed E-state index contributed by atoms with van der Waals surface area (Å²) in [6, 6.07) is 15.6. The topological polar surface area (TPSA) is 74.2 Å². The second kappa shape index (κ2) is 7.56. The number of ether oxygens (including phenoxy) is 1. The summed E-state index contributed by atoms with van der Waals surface area (Å²) >= 11 is 11.3. The van der Waals surface area contributed by atoms with Gasteiger partial charge in [-0.1, -0.05) is 35.9 Å². The summed E-state index contributed by atoms with van der Waals surface area (Å²) < 4.78 is 5.00. The van der Waals surface area contributed by atoms with Crippen molar-refractivity contribution in [1.82, 2.24) is 10.6 Å². The molecule has 0 aliphatic carbocycles. The van der Waals surface area contributed by atoms with E-state index in [1.165, 1.54) is 7.11 Å². The van der Waals surface area contributed by atoms with Gasteiger partial charge in [-0.05, 0) is 47.6 Å². The molecule has 1 atom stereocenters. The lowest BCUT2D eigenvalue weighted by Gasteiger charge is -2.31. The Morgan fingerprint density at radius 1 is 1.19 bits per heavy atom. The third-order valence-electron chi connectivity index (χ3n) is 3.98. The van der Waals surface area contributed by atoms with Gasteiger partial charge in [0, 0.05) is 5.02 Å². The van der Waals surface area contributed by atoms with E-state index in [1.54, 1.807) is 48.5 Å². The maximum atomic E-state index is 12.5. The van der Waals surface area contributed by atoms with E-state index in [1.807, 2.05) is 0 Å². The Balaban J connectivity index is 2.16. The van der Waals surface area contributed by atoms with E-state index in [9.17, 15) is 4.79 Å². The molecule has 26 heavy (non-hydrogen) atoms. The number of hydrogen-bond donors (Lipinski definition) is 2. The molecule has 0 bridgehead atoms. The van der Waals surface area contributed by atoms with Gasteiger partial charge in [0.05, 0.1) is 36.1 Å². The first-order valence-corrected chi connectivity index (χ1v) is 8.48. The molecule has 0 saturated carbocycles. The smallest absolute Gasteiger partial charge is 0.338 e. The van der Waals surface area contributed by atoms with Crippen LogP contribution in [0.4, 0.5) is 0 Å². The number of nitrogens with one attached hydrogen (secondary N) is 2. The van der Waals surface area contributed by atoms with E-state index in [-0.39, 0.29) is 0 Å². The Labute approximate surface area is 161 Å². The summed E-state index contributed by atoms with van der Waals surface area (Å²) in [7, 11) is 1.33. The van der Waals surface area contributed by atoms with Crippen molar-refractivity contribution < 1.29 is 9.53 Å². The molecule has 1 heterocycles. The molecule has 1 aliphatic heterocycles. The zero-order valence-corrected chi connectivity index (χ0v) is 15.3. The molecule has 0 saturated heterocycles. The van der Waals surface area contributed by atoms with Crippen LogP contribution >= 0.6 is 23.8 Å². The molecular weight excluding hydrogens is 370 g/mol. The SMILES string of the molecule is COC(=O)C1=C(c2ccc(Cl)cc2)NC(=S)N[C@@H]1c1ccc(C#N)cc1. The molecule has 130 valence electrons. The molecule has 0 amide bonds. The maximum absolute atomic E-state index is 12.5. The highest BCUT2D eigenvalue weighted by atomic mass is 35.5. The number of esters is 1. The van der Waals surface area contributed by atoms with Crippen molar-refractivity contribution in [1.29, 1.82) is 5.26 Å². The van der Waals surface area contributed by atoms with Gasteiger partial charge >= 0.3 is 5.97 Å². The first-order chi connectivity index (χ1) is 12.5. The van der Waals surface area contributed by atoms with Crippen molar-refractivity contribution >= 4 is 40.6 Å². The molecule has 5 nitrogen and oxygen atoms in total. The molecule has 2 aromatic rings. The number of benzene rings is 2. The van der Waals surface area contributed by atoms with Crippen LogP contribution in [0.25, 0.3) is 5.70 Å². The lowest BCUT2D eigenvalue weighted by atomic mass is 9.92. The number of thiocarbonyl (C=S) groups is 1. The number of rotatable bonds is 3. The van der Waals surface area contributed by atoms with Crippen molar-refractivity contribution in [2.75, 3.05) is 7.11 Å². The third-order valence-corrected chi connectivity index (χ3v) is 4.46. The standard InChI is InChI=1S/C19H14ClN3O2S/c1-25-18(24)15-16(12-4-2-11(10-21)3-5-12)22-19(26)23-17(15)13-6-8-14(20)9-7-13/h2-9,16H,1H3,(H2,22,23,26)/t16-/m1/s1. The zero-order valence-electron chi connectivity index (χ0n) is 13.7. The normalized spacial score (nSPS) is 16.3. The average Bonchev–Trinajstić information content (AvgIpc) is 2.67. The Hall–Kier alpha value is -2.88. The zero-order chi connectivity index (χ0) is 18.7. The summed E-state index contributed by atoms with van der Waals surface area (Å²) in [5.74, 6) is -0.480. The molecule has 2 N–H and O–H groups in total. The van der Waals surface area contributed by atoms with E-state index < -0.39 is 12.0 Å². The molecule has 2 aromatic carbocycles. The maximum Gasteiger partial charge on any atom is 0.338 e. The molecule has 0 spiro atoms. The fourth-order valence-electron chi connectivity index (χ4n) is 2.74. The number of halogens is 1. The molecule has 7 heteroatoms. The van der Waals surface area contributed by atoms with Gasteiger partial charge in [0.15, 0.2) is 5.11 Å². The van der Waals surface area contributed by atoms with Gasteiger partial charge in [0.2, 0.25) is 0 Å². The fraction of sp³-hybridized carbons (Fsp3) is 0.105. The van der Waals surface area contributed by atoms with Crippen LogP contribution in [0.15, 0.2) is 54.1 Å². The van der Waals surface area contributed by atoms with Gasteiger partial charge in [-0.15, -0.1) is 0 Å².